The molecule has 1 saturated heterocycles. The lowest BCUT2D eigenvalue weighted by Gasteiger charge is -2.38. The highest BCUT2D eigenvalue weighted by atomic mass is 32.2. The van der Waals surface area contributed by atoms with Crippen molar-refractivity contribution in [1.29, 1.82) is 0 Å². The van der Waals surface area contributed by atoms with Gasteiger partial charge in [-0.25, -0.2) is 4.39 Å². The molecule has 13 heteroatoms. The number of hydrogen-bond donors (Lipinski definition) is 1. The van der Waals surface area contributed by atoms with Gasteiger partial charge in [0.15, 0.2) is 5.16 Å². The number of carbonyl (C=O) groups is 1. The normalized spacial score (nSPS) is 14.7. The average Bonchev–Trinajstić information content (AvgIpc) is 3.70. The molecule has 3 aromatic carbocycles. The third-order valence-electron chi connectivity index (χ3n) is 9.68. The standard InChI is InChI=1S/C39H40F4N6O2S/c1-3-47-18-16-34(17-19-47)49(22-27-4-8-29(9-5-27)30-10-12-32(13-11-30)39(41,42)43)36(50)24-48-23-35(26(2)31-20-44-45-21-31)37(51)46-38(48)52-25-28-6-14-33(40)15-7-28/h4-15,20-21,23,26,34H,3,16-19,22,24-25H2,1-2H3,(H,44,45). The summed E-state index contributed by atoms with van der Waals surface area (Å²) in [6.07, 6.45) is 2.31. The van der Waals surface area contributed by atoms with Crippen LogP contribution in [0.3, 0.4) is 0 Å². The van der Waals surface area contributed by atoms with E-state index in [2.05, 4.69) is 27.0 Å². The van der Waals surface area contributed by atoms with Crippen LogP contribution in [0.15, 0.2) is 101 Å². The molecule has 1 atom stereocenters. The molecule has 6 rings (SSSR count). The number of carbonyl (C=O) groups excluding carboxylic acids is 1. The van der Waals surface area contributed by atoms with E-state index in [9.17, 15) is 27.2 Å². The summed E-state index contributed by atoms with van der Waals surface area (Å²) in [5.41, 5.74) is 3.32. The average molecular weight is 733 g/mol. The smallest absolute Gasteiger partial charge is 0.334 e. The molecule has 1 aliphatic heterocycles. The van der Waals surface area contributed by atoms with Gasteiger partial charge < -0.3 is 14.4 Å². The molecule has 1 aliphatic rings. The van der Waals surface area contributed by atoms with E-state index in [1.807, 2.05) is 36.1 Å². The summed E-state index contributed by atoms with van der Waals surface area (Å²) in [4.78, 5) is 36.5. The van der Waals surface area contributed by atoms with Crippen LogP contribution >= 0.6 is 11.8 Å². The molecule has 0 radical (unpaired) electrons. The van der Waals surface area contributed by atoms with Crippen molar-refractivity contribution in [2.75, 3.05) is 19.6 Å². The number of aromatic nitrogens is 4. The lowest BCUT2D eigenvalue weighted by molar-refractivity contribution is -0.138. The Hall–Kier alpha value is -4.75. The highest BCUT2D eigenvalue weighted by Crippen LogP contribution is 2.32. The quantitative estimate of drug-likeness (QED) is 0.0803. The summed E-state index contributed by atoms with van der Waals surface area (Å²) in [7, 11) is 0. The third-order valence-corrected chi connectivity index (χ3v) is 10.7. The Bertz CT molecular complexity index is 1990. The van der Waals surface area contributed by atoms with Gasteiger partial charge in [0.2, 0.25) is 5.91 Å². The minimum Gasteiger partial charge on any atom is -0.334 e. The molecule has 1 fully saturated rings. The zero-order valence-corrected chi connectivity index (χ0v) is 29.8. The van der Waals surface area contributed by atoms with Gasteiger partial charge >= 0.3 is 6.18 Å². The summed E-state index contributed by atoms with van der Waals surface area (Å²) in [6.45, 7) is 6.96. The first-order valence-corrected chi connectivity index (χ1v) is 18.2. The molecular weight excluding hydrogens is 693 g/mol. The van der Waals surface area contributed by atoms with Gasteiger partial charge in [-0.05, 0) is 71.5 Å². The second-order valence-electron chi connectivity index (χ2n) is 13.0. The Morgan fingerprint density at radius 3 is 2.21 bits per heavy atom. The van der Waals surface area contributed by atoms with E-state index in [-0.39, 0.29) is 30.2 Å². The molecule has 5 aromatic rings. The zero-order valence-electron chi connectivity index (χ0n) is 28.9. The fourth-order valence-corrected chi connectivity index (χ4v) is 7.40. The van der Waals surface area contributed by atoms with Crippen LogP contribution in [0.5, 0.6) is 0 Å². The monoisotopic (exact) mass is 732 g/mol. The van der Waals surface area contributed by atoms with Crippen LogP contribution in [0.2, 0.25) is 0 Å². The molecular formula is C39H40F4N6O2S. The molecule has 1 amide bonds. The summed E-state index contributed by atoms with van der Waals surface area (Å²) in [5.74, 6) is -0.375. The van der Waals surface area contributed by atoms with Crippen molar-refractivity contribution >= 4 is 17.7 Å². The Balaban J connectivity index is 1.28. The highest BCUT2D eigenvalue weighted by Gasteiger charge is 2.31. The van der Waals surface area contributed by atoms with Crippen LogP contribution < -0.4 is 5.56 Å². The van der Waals surface area contributed by atoms with Gasteiger partial charge in [-0.15, -0.1) is 0 Å². The second kappa shape index (κ2) is 16.3. The summed E-state index contributed by atoms with van der Waals surface area (Å²) >= 11 is 1.31. The number of piperidine rings is 1. The summed E-state index contributed by atoms with van der Waals surface area (Å²) < 4.78 is 54.6. The number of benzene rings is 3. The van der Waals surface area contributed by atoms with E-state index in [4.69, 9.17) is 0 Å². The molecule has 0 spiro atoms. The number of halogens is 4. The van der Waals surface area contributed by atoms with Crippen LogP contribution in [0.25, 0.3) is 11.1 Å². The number of hydrogen-bond acceptors (Lipinski definition) is 6. The van der Waals surface area contributed by atoms with Crippen molar-refractivity contribution in [3.8, 4) is 11.1 Å². The first-order valence-electron chi connectivity index (χ1n) is 17.2. The van der Waals surface area contributed by atoms with Crippen LogP contribution in [-0.4, -0.2) is 61.1 Å². The van der Waals surface area contributed by atoms with Crippen molar-refractivity contribution in [3.63, 3.8) is 0 Å². The van der Waals surface area contributed by atoms with Crippen molar-refractivity contribution in [3.05, 3.63) is 135 Å². The first kappa shape index (κ1) is 37.0. The molecule has 1 unspecified atom stereocenters. The maximum absolute atomic E-state index is 14.5. The van der Waals surface area contributed by atoms with Crippen molar-refractivity contribution in [1.82, 2.24) is 29.5 Å². The van der Waals surface area contributed by atoms with Crippen molar-refractivity contribution in [2.45, 2.75) is 68.8 Å². The number of thioether (sulfide) groups is 1. The van der Waals surface area contributed by atoms with Crippen molar-refractivity contribution in [2.24, 2.45) is 0 Å². The predicted octanol–water partition coefficient (Wildman–Crippen LogP) is 7.75. The van der Waals surface area contributed by atoms with Crippen LogP contribution in [0, 0.1) is 5.82 Å². The lowest BCUT2D eigenvalue weighted by atomic mass is 9.98. The molecule has 0 aliphatic carbocycles. The van der Waals surface area contributed by atoms with Gasteiger partial charge in [-0.1, -0.05) is 74.1 Å². The maximum atomic E-state index is 14.5. The minimum absolute atomic E-state index is 0.0168. The van der Waals surface area contributed by atoms with Gasteiger partial charge in [0.05, 0.1) is 11.8 Å². The molecule has 3 heterocycles. The van der Waals surface area contributed by atoms with Gasteiger partial charge in [0.1, 0.15) is 12.4 Å². The molecule has 2 aromatic heterocycles. The summed E-state index contributed by atoms with van der Waals surface area (Å²) in [5, 5.41) is 7.20. The molecule has 8 nitrogen and oxygen atoms in total. The van der Waals surface area contributed by atoms with Gasteiger partial charge in [0, 0.05) is 55.3 Å². The molecule has 0 bridgehead atoms. The third kappa shape index (κ3) is 8.99. The first-order chi connectivity index (χ1) is 25.0. The van der Waals surface area contributed by atoms with Crippen LogP contribution in [-0.2, 0) is 29.8 Å². The number of nitrogens with zero attached hydrogens (tertiary/aromatic N) is 5. The topological polar surface area (TPSA) is 87.1 Å². The number of nitrogens with one attached hydrogen (secondary N) is 1. The number of alkyl halides is 3. The Kier molecular flexibility index (Phi) is 11.6. The van der Waals surface area contributed by atoms with E-state index in [1.54, 1.807) is 35.3 Å². The number of rotatable bonds is 12. The van der Waals surface area contributed by atoms with E-state index in [0.29, 0.717) is 28.6 Å². The minimum atomic E-state index is -4.40. The molecule has 272 valence electrons. The van der Waals surface area contributed by atoms with Gasteiger partial charge in [0.25, 0.3) is 5.56 Å². The fourth-order valence-electron chi connectivity index (χ4n) is 6.48. The highest BCUT2D eigenvalue weighted by molar-refractivity contribution is 7.98. The number of aromatic amines is 1. The Labute approximate surface area is 303 Å². The SMILES string of the molecule is CCN1CCC(N(Cc2ccc(-c3ccc(C(F)(F)F)cc3)cc2)C(=O)Cn2cc(C(C)c3cn[nH]c3)c(=O)nc2SCc2ccc(F)cc2)CC1. The Morgan fingerprint density at radius 1 is 0.981 bits per heavy atom. The maximum Gasteiger partial charge on any atom is 0.416 e. The largest absolute Gasteiger partial charge is 0.416 e. The second-order valence-corrected chi connectivity index (χ2v) is 14.0. The van der Waals surface area contributed by atoms with E-state index >= 15 is 0 Å². The fraction of sp³-hybridized carbons (Fsp3) is 0.333. The number of likely N-dealkylation sites (tertiary alicyclic amines) is 1. The lowest BCUT2D eigenvalue weighted by Crippen LogP contribution is -2.48. The van der Waals surface area contributed by atoms with E-state index in [0.717, 1.165) is 66.9 Å². The van der Waals surface area contributed by atoms with Gasteiger partial charge in [-0.3, -0.25) is 14.7 Å². The van der Waals surface area contributed by atoms with Gasteiger partial charge in [-0.2, -0.15) is 23.3 Å². The number of amides is 1. The number of H-pyrrole nitrogens is 1. The van der Waals surface area contributed by atoms with Crippen LogP contribution in [0.4, 0.5) is 17.6 Å². The van der Waals surface area contributed by atoms with Crippen molar-refractivity contribution < 1.29 is 22.4 Å². The molecule has 52 heavy (non-hydrogen) atoms. The van der Waals surface area contributed by atoms with E-state index in [1.165, 1.54) is 36.0 Å². The van der Waals surface area contributed by atoms with Crippen LogP contribution in [0.1, 0.15) is 60.4 Å². The zero-order chi connectivity index (χ0) is 36.8. The molecule has 1 N–H and O–H groups in total. The van der Waals surface area contributed by atoms with E-state index < -0.39 is 17.3 Å². The molecule has 0 saturated carbocycles. The predicted molar refractivity (Wildman–Crippen MR) is 193 cm³/mol. The summed E-state index contributed by atoms with van der Waals surface area (Å²) in [6, 6.07) is 18.7. The Morgan fingerprint density at radius 2 is 1.62 bits per heavy atom.